The second-order valence-electron chi connectivity index (χ2n) is 8.93. The molecular weight excluding hydrogens is 437 g/mol. The molecule has 5 nitrogen and oxygen atoms in total. The lowest BCUT2D eigenvalue weighted by molar-refractivity contribution is 0.630. The van der Waals surface area contributed by atoms with Crippen molar-refractivity contribution in [3.8, 4) is 22.8 Å². The number of hydrogen-bond acceptors (Lipinski definition) is 3. The van der Waals surface area contributed by atoms with Crippen LogP contribution in [-0.4, -0.2) is 27.0 Å². The fourth-order valence-electron chi connectivity index (χ4n) is 4.87. The van der Waals surface area contributed by atoms with Gasteiger partial charge < -0.3 is 15.7 Å². The highest BCUT2D eigenvalue weighted by Gasteiger charge is 2.17. The van der Waals surface area contributed by atoms with Crippen LogP contribution in [0.25, 0.3) is 22.8 Å². The van der Waals surface area contributed by atoms with Gasteiger partial charge in [0.15, 0.2) is 0 Å². The average Bonchev–Trinajstić information content (AvgIpc) is 3.55. The lowest BCUT2D eigenvalue weighted by Crippen LogP contribution is -2.00. The van der Waals surface area contributed by atoms with E-state index in [-0.39, 0.29) is 5.82 Å². The Morgan fingerprint density at radius 3 is 1.74 bits per heavy atom. The number of H-pyrrole nitrogens is 2. The number of aryl methyl sites for hydroxylation is 5. The van der Waals surface area contributed by atoms with Crippen LogP contribution in [0.5, 0.6) is 0 Å². The summed E-state index contributed by atoms with van der Waals surface area (Å²) < 4.78 is 13.6. The second kappa shape index (κ2) is 11.9. The maximum absolute atomic E-state index is 13.6. The zero-order chi connectivity index (χ0) is 24.6. The summed E-state index contributed by atoms with van der Waals surface area (Å²) in [4.78, 5) is 16.0. The largest absolute Gasteiger partial charge is 0.342 e. The number of aromatic amines is 2. The molecule has 6 heteroatoms. The maximum atomic E-state index is 13.6. The number of fused-ring (bicyclic) bond motifs is 2. The molecule has 6 rings (SSSR count). The van der Waals surface area contributed by atoms with Crippen LogP contribution in [0, 0.1) is 5.82 Å². The van der Waals surface area contributed by atoms with Crippen molar-refractivity contribution in [1.82, 2.24) is 19.9 Å². The molecule has 0 spiro atoms. The fourth-order valence-corrected chi connectivity index (χ4v) is 4.87. The van der Waals surface area contributed by atoms with E-state index in [1.165, 1.54) is 67.0 Å². The van der Waals surface area contributed by atoms with E-state index in [9.17, 15) is 4.39 Å². The summed E-state index contributed by atoms with van der Waals surface area (Å²) in [6.07, 6.45) is 10.4. The molecule has 2 heterocycles. The average molecular weight is 474 g/mol. The van der Waals surface area contributed by atoms with Crippen LogP contribution in [0.2, 0.25) is 0 Å². The van der Waals surface area contributed by atoms with Gasteiger partial charge in [0, 0.05) is 17.0 Å². The van der Waals surface area contributed by atoms with E-state index in [1.807, 2.05) is 6.07 Å². The van der Waals surface area contributed by atoms with E-state index in [2.05, 4.69) is 51.9 Å². The molecule has 4 aromatic rings. The molecule has 184 valence electrons. The van der Waals surface area contributed by atoms with Crippen molar-refractivity contribution in [3.63, 3.8) is 0 Å². The zero-order valence-corrected chi connectivity index (χ0v) is 20.8. The minimum absolute atomic E-state index is 0.214. The Balaban J connectivity index is 0.000000155. The summed E-state index contributed by atoms with van der Waals surface area (Å²) in [6, 6.07) is 15.3. The number of benzene rings is 2. The number of nitrogens with two attached hydrogens (primary N) is 1. The molecular formula is C29H36FN5. The number of hydrogen-bond donors (Lipinski definition) is 3. The van der Waals surface area contributed by atoms with E-state index in [1.54, 1.807) is 12.1 Å². The highest BCUT2D eigenvalue weighted by molar-refractivity contribution is 5.61. The van der Waals surface area contributed by atoms with Crippen molar-refractivity contribution >= 4 is 0 Å². The van der Waals surface area contributed by atoms with E-state index < -0.39 is 0 Å². The fraction of sp³-hybridized carbons (Fsp3) is 0.379. The summed E-state index contributed by atoms with van der Waals surface area (Å²) in [5, 5.41) is 0. The minimum atomic E-state index is -0.214. The third-order valence-corrected chi connectivity index (χ3v) is 6.69. The number of imidazole rings is 2. The van der Waals surface area contributed by atoms with Crippen LogP contribution in [0.3, 0.4) is 0 Å². The van der Waals surface area contributed by atoms with Crippen LogP contribution < -0.4 is 5.73 Å². The van der Waals surface area contributed by atoms with E-state index in [0.29, 0.717) is 11.4 Å². The van der Waals surface area contributed by atoms with Crippen molar-refractivity contribution in [2.24, 2.45) is 5.73 Å². The topological polar surface area (TPSA) is 83.4 Å². The third-order valence-electron chi connectivity index (χ3n) is 6.69. The summed E-state index contributed by atoms with van der Waals surface area (Å²) in [6.45, 7) is 2.20. The van der Waals surface area contributed by atoms with Crippen molar-refractivity contribution in [2.45, 2.75) is 64.7 Å². The van der Waals surface area contributed by atoms with Gasteiger partial charge in [-0.2, -0.15) is 0 Å². The Bertz CT molecular complexity index is 1190. The van der Waals surface area contributed by atoms with E-state index >= 15 is 0 Å². The molecule has 4 N–H and O–H groups in total. The highest BCUT2D eigenvalue weighted by atomic mass is 19.1. The number of rotatable bonds is 3. The summed E-state index contributed by atoms with van der Waals surface area (Å²) >= 11 is 0. The molecule has 2 aliphatic rings. The van der Waals surface area contributed by atoms with Gasteiger partial charge in [-0.05, 0) is 82.5 Å². The van der Waals surface area contributed by atoms with Gasteiger partial charge in [-0.25, -0.2) is 14.4 Å². The maximum Gasteiger partial charge on any atom is 0.140 e. The second-order valence-corrected chi connectivity index (χ2v) is 8.93. The molecule has 0 saturated carbocycles. The number of halogens is 1. The lowest BCUT2D eigenvalue weighted by Gasteiger charge is -2.07. The molecule has 0 fully saturated rings. The molecule has 0 bridgehead atoms. The SMILES string of the molecule is CCc1ccccc1-c1nc2c([nH]1)CCCC2.CN.Fc1ccccc1-c1nc2c([nH]1)CCCC2. The first kappa shape index (κ1) is 24.9. The van der Waals surface area contributed by atoms with Crippen molar-refractivity contribution in [3.05, 3.63) is 82.7 Å². The molecule has 0 unspecified atom stereocenters. The summed E-state index contributed by atoms with van der Waals surface area (Å²) in [5.41, 5.74) is 12.7. The minimum Gasteiger partial charge on any atom is -0.342 e. The molecule has 2 aliphatic carbocycles. The van der Waals surface area contributed by atoms with Crippen LogP contribution in [0.4, 0.5) is 4.39 Å². The Morgan fingerprint density at radius 1 is 0.714 bits per heavy atom. The van der Waals surface area contributed by atoms with Gasteiger partial charge in [0.05, 0.1) is 17.0 Å². The molecule has 2 aromatic carbocycles. The van der Waals surface area contributed by atoms with E-state index in [0.717, 1.165) is 43.6 Å². The van der Waals surface area contributed by atoms with Gasteiger partial charge in [0.1, 0.15) is 17.5 Å². The van der Waals surface area contributed by atoms with Crippen LogP contribution in [0.1, 0.15) is 60.9 Å². The third kappa shape index (κ3) is 5.70. The number of nitrogens with zero attached hydrogens (tertiary/aromatic N) is 2. The smallest absolute Gasteiger partial charge is 0.140 e. The van der Waals surface area contributed by atoms with Gasteiger partial charge in [0.25, 0.3) is 0 Å². The summed E-state index contributed by atoms with van der Waals surface area (Å²) in [5.74, 6) is 1.52. The summed E-state index contributed by atoms with van der Waals surface area (Å²) in [7, 11) is 1.50. The van der Waals surface area contributed by atoms with Gasteiger partial charge in [0.2, 0.25) is 0 Å². The quantitative estimate of drug-likeness (QED) is 0.332. The zero-order valence-electron chi connectivity index (χ0n) is 20.8. The molecule has 0 amide bonds. The first-order valence-electron chi connectivity index (χ1n) is 12.8. The molecule has 0 atom stereocenters. The molecule has 0 saturated heterocycles. The van der Waals surface area contributed by atoms with Crippen LogP contribution in [-0.2, 0) is 32.1 Å². The Morgan fingerprint density at radius 2 is 1.20 bits per heavy atom. The number of nitrogens with one attached hydrogen (secondary N) is 2. The Kier molecular flexibility index (Phi) is 8.48. The highest BCUT2D eigenvalue weighted by Crippen LogP contribution is 2.27. The van der Waals surface area contributed by atoms with Crippen molar-refractivity contribution < 1.29 is 4.39 Å². The Labute approximate surface area is 207 Å². The van der Waals surface area contributed by atoms with Gasteiger partial charge in [-0.1, -0.05) is 43.3 Å². The van der Waals surface area contributed by atoms with Crippen LogP contribution >= 0.6 is 0 Å². The monoisotopic (exact) mass is 473 g/mol. The van der Waals surface area contributed by atoms with Gasteiger partial charge in [-0.15, -0.1) is 0 Å². The van der Waals surface area contributed by atoms with E-state index in [4.69, 9.17) is 4.98 Å². The predicted molar refractivity (Wildman–Crippen MR) is 141 cm³/mol. The first-order valence-corrected chi connectivity index (χ1v) is 12.8. The molecule has 35 heavy (non-hydrogen) atoms. The lowest BCUT2D eigenvalue weighted by atomic mass is 10.0. The Hall–Kier alpha value is -3.25. The van der Waals surface area contributed by atoms with Gasteiger partial charge in [-0.3, -0.25) is 0 Å². The van der Waals surface area contributed by atoms with Crippen LogP contribution in [0.15, 0.2) is 48.5 Å². The number of aromatic nitrogens is 4. The molecule has 2 aromatic heterocycles. The molecule has 0 radical (unpaired) electrons. The standard InChI is InChI=1S/C15H18N2.C13H13FN2.CH5N/c1-2-11-7-3-4-8-12(11)15-16-13-9-5-6-10-14(13)17-15;14-10-6-2-1-5-9(10)13-15-11-7-3-4-8-12(11)16-13;1-2/h3-4,7-8H,2,5-6,9-10H2,1H3,(H,16,17);1-2,5-6H,3-4,7-8H2,(H,15,16);2H2,1H3. The normalized spacial score (nSPS) is 14.1. The van der Waals surface area contributed by atoms with Crippen molar-refractivity contribution in [2.75, 3.05) is 7.05 Å². The first-order chi connectivity index (χ1) is 17.2. The van der Waals surface area contributed by atoms with Crippen molar-refractivity contribution in [1.29, 1.82) is 0 Å². The predicted octanol–water partition coefficient (Wildman–Crippen LogP) is 6.19. The van der Waals surface area contributed by atoms with Gasteiger partial charge >= 0.3 is 0 Å². The molecule has 0 aliphatic heterocycles.